The van der Waals surface area contributed by atoms with Crippen molar-refractivity contribution in [1.82, 2.24) is 0 Å². The van der Waals surface area contributed by atoms with Gasteiger partial charge in [0, 0.05) is 0 Å². The van der Waals surface area contributed by atoms with E-state index >= 15 is 0 Å². The second-order valence-electron chi connectivity index (χ2n) is 2.79. The van der Waals surface area contributed by atoms with E-state index in [1.165, 1.54) is 0 Å². The predicted molar refractivity (Wildman–Crippen MR) is 39.6 cm³/mol. The van der Waals surface area contributed by atoms with Gasteiger partial charge in [-0.2, -0.15) is 0 Å². The summed E-state index contributed by atoms with van der Waals surface area (Å²) in [6.45, 7) is -0.0987. The molecule has 0 spiro atoms. The van der Waals surface area contributed by atoms with E-state index in [9.17, 15) is 5.11 Å². The van der Waals surface area contributed by atoms with Crippen molar-refractivity contribution in [2.75, 3.05) is 6.61 Å². The molecule has 0 unspecified atom stereocenters. The highest BCUT2D eigenvalue weighted by molar-refractivity contribution is 4.91. The van der Waals surface area contributed by atoms with Gasteiger partial charge >= 0.3 is 0 Å². The van der Waals surface area contributed by atoms with Crippen molar-refractivity contribution in [1.29, 1.82) is 0 Å². The molecule has 0 aliphatic heterocycles. The first-order valence-electron chi connectivity index (χ1n) is 3.78. The molecular formula is C8H14O2. The van der Waals surface area contributed by atoms with Crippen LogP contribution in [0.4, 0.5) is 0 Å². The van der Waals surface area contributed by atoms with Crippen LogP contribution in [0.3, 0.4) is 0 Å². The van der Waals surface area contributed by atoms with Crippen molar-refractivity contribution < 1.29 is 10.2 Å². The fourth-order valence-electron chi connectivity index (χ4n) is 1.32. The summed E-state index contributed by atoms with van der Waals surface area (Å²) in [4.78, 5) is 0. The summed E-state index contributed by atoms with van der Waals surface area (Å²) in [7, 11) is 0. The lowest BCUT2D eigenvalue weighted by Crippen LogP contribution is -2.24. The number of rotatable bonds is 2. The van der Waals surface area contributed by atoms with Crippen LogP contribution in [0.5, 0.6) is 0 Å². The Balaban J connectivity index is 2.33. The minimum absolute atomic E-state index is 0.0987. The summed E-state index contributed by atoms with van der Waals surface area (Å²) in [5.41, 5.74) is 0. The van der Waals surface area contributed by atoms with Gasteiger partial charge in [0.05, 0.1) is 12.7 Å². The number of aliphatic hydroxyl groups is 2. The monoisotopic (exact) mass is 142 g/mol. The molecule has 0 radical (unpaired) electrons. The van der Waals surface area contributed by atoms with Crippen molar-refractivity contribution in [2.24, 2.45) is 5.92 Å². The molecule has 1 aliphatic carbocycles. The molecule has 0 aromatic carbocycles. The van der Waals surface area contributed by atoms with Crippen LogP contribution in [0.25, 0.3) is 0 Å². The van der Waals surface area contributed by atoms with Gasteiger partial charge in [-0.3, -0.25) is 0 Å². The molecule has 10 heavy (non-hydrogen) atoms. The molecule has 0 saturated carbocycles. The Morgan fingerprint density at radius 2 is 2.30 bits per heavy atom. The minimum Gasteiger partial charge on any atom is -0.394 e. The van der Waals surface area contributed by atoms with Crippen LogP contribution in [0.2, 0.25) is 0 Å². The van der Waals surface area contributed by atoms with Crippen LogP contribution < -0.4 is 0 Å². The molecule has 2 atom stereocenters. The van der Waals surface area contributed by atoms with E-state index in [2.05, 4.69) is 12.2 Å². The van der Waals surface area contributed by atoms with Crippen molar-refractivity contribution in [3.05, 3.63) is 12.2 Å². The Morgan fingerprint density at radius 3 is 2.80 bits per heavy atom. The maximum absolute atomic E-state index is 9.20. The number of aliphatic hydroxyl groups excluding tert-OH is 2. The summed E-state index contributed by atoms with van der Waals surface area (Å²) in [5.74, 6) is 0.287. The van der Waals surface area contributed by atoms with Gasteiger partial charge in [-0.1, -0.05) is 12.2 Å². The van der Waals surface area contributed by atoms with E-state index in [0.717, 1.165) is 19.3 Å². The molecule has 0 saturated heterocycles. The average Bonchev–Trinajstić information content (AvgIpc) is 2.05. The third kappa shape index (κ3) is 1.82. The van der Waals surface area contributed by atoms with Gasteiger partial charge < -0.3 is 10.2 Å². The summed E-state index contributed by atoms with van der Waals surface area (Å²) in [6.07, 6.45) is 6.67. The van der Waals surface area contributed by atoms with Gasteiger partial charge in [0.25, 0.3) is 0 Å². The summed E-state index contributed by atoms with van der Waals surface area (Å²) in [5, 5.41) is 17.8. The van der Waals surface area contributed by atoms with Crippen LogP contribution in [-0.4, -0.2) is 22.9 Å². The third-order valence-corrected chi connectivity index (χ3v) is 2.04. The van der Waals surface area contributed by atoms with Crippen LogP contribution in [-0.2, 0) is 0 Å². The van der Waals surface area contributed by atoms with Crippen LogP contribution in [0.15, 0.2) is 12.2 Å². The van der Waals surface area contributed by atoms with E-state index < -0.39 is 6.10 Å². The van der Waals surface area contributed by atoms with E-state index in [-0.39, 0.29) is 12.5 Å². The summed E-state index contributed by atoms with van der Waals surface area (Å²) < 4.78 is 0. The van der Waals surface area contributed by atoms with Crippen molar-refractivity contribution in [3.8, 4) is 0 Å². The molecule has 0 amide bonds. The second kappa shape index (κ2) is 3.74. The molecule has 2 nitrogen and oxygen atoms in total. The lowest BCUT2D eigenvalue weighted by molar-refractivity contribution is 0.0436. The van der Waals surface area contributed by atoms with Gasteiger partial charge in [-0.05, 0) is 25.2 Å². The van der Waals surface area contributed by atoms with E-state index in [0.29, 0.717) is 0 Å². The van der Waals surface area contributed by atoms with Crippen molar-refractivity contribution in [3.63, 3.8) is 0 Å². The molecule has 58 valence electrons. The zero-order valence-electron chi connectivity index (χ0n) is 6.03. The van der Waals surface area contributed by atoms with Gasteiger partial charge in [0.1, 0.15) is 0 Å². The molecule has 0 aromatic heterocycles. The van der Waals surface area contributed by atoms with Gasteiger partial charge in [0.2, 0.25) is 0 Å². The van der Waals surface area contributed by atoms with Crippen LogP contribution in [0.1, 0.15) is 19.3 Å². The first-order chi connectivity index (χ1) is 4.84. The third-order valence-electron chi connectivity index (χ3n) is 2.04. The molecule has 1 aliphatic rings. The summed E-state index contributed by atoms with van der Waals surface area (Å²) >= 11 is 0. The maximum atomic E-state index is 9.20. The van der Waals surface area contributed by atoms with Crippen LogP contribution >= 0.6 is 0 Å². The lowest BCUT2D eigenvalue weighted by atomic mass is 9.90. The number of hydrogen-bond donors (Lipinski definition) is 2. The standard InChI is InChI=1S/C8H14O2/c9-6-8(10)7-4-2-1-3-5-7/h1-2,7-10H,3-6H2/t7-,8+/m1/s1. The van der Waals surface area contributed by atoms with E-state index in [1.807, 2.05) is 0 Å². The Morgan fingerprint density at radius 1 is 1.50 bits per heavy atom. The zero-order chi connectivity index (χ0) is 7.40. The first kappa shape index (κ1) is 7.76. The Labute approximate surface area is 61.2 Å². The molecular weight excluding hydrogens is 128 g/mol. The second-order valence-corrected chi connectivity index (χ2v) is 2.79. The van der Waals surface area contributed by atoms with E-state index in [4.69, 9.17) is 5.11 Å². The smallest absolute Gasteiger partial charge is 0.0802 e. The SMILES string of the molecule is OC[C@H](O)[C@@H]1CC=CCC1. The Kier molecular flexibility index (Phi) is 2.90. The van der Waals surface area contributed by atoms with Crippen molar-refractivity contribution in [2.45, 2.75) is 25.4 Å². The minimum atomic E-state index is -0.509. The average molecular weight is 142 g/mol. The highest BCUT2D eigenvalue weighted by atomic mass is 16.3. The molecule has 0 aromatic rings. The zero-order valence-corrected chi connectivity index (χ0v) is 6.03. The Hall–Kier alpha value is -0.340. The van der Waals surface area contributed by atoms with Crippen LogP contribution in [0, 0.1) is 5.92 Å². The molecule has 2 heteroatoms. The molecule has 0 fully saturated rings. The first-order valence-corrected chi connectivity index (χ1v) is 3.78. The highest BCUT2D eigenvalue weighted by Crippen LogP contribution is 2.20. The highest BCUT2D eigenvalue weighted by Gasteiger charge is 2.17. The lowest BCUT2D eigenvalue weighted by Gasteiger charge is -2.21. The molecule has 0 bridgehead atoms. The number of hydrogen-bond acceptors (Lipinski definition) is 2. The topological polar surface area (TPSA) is 40.5 Å². The number of allylic oxidation sites excluding steroid dienone is 2. The fourth-order valence-corrected chi connectivity index (χ4v) is 1.32. The summed E-state index contributed by atoms with van der Waals surface area (Å²) in [6, 6.07) is 0. The van der Waals surface area contributed by atoms with Gasteiger partial charge in [-0.15, -0.1) is 0 Å². The fraction of sp³-hybridized carbons (Fsp3) is 0.750. The predicted octanol–water partition coefficient (Wildman–Crippen LogP) is 0.696. The molecule has 2 N–H and O–H groups in total. The van der Waals surface area contributed by atoms with E-state index in [1.54, 1.807) is 0 Å². The molecule has 0 heterocycles. The normalized spacial score (nSPS) is 28.4. The van der Waals surface area contributed by atoms with Crippen molar-refractivity contribution >= 4 is 0 Å². The quantitative estimate of drug-likeness (QED) is 0.557. The largest absolute Gasteiger partial charge is 0.394 e. The van der Waals surface area contributed by atoms with Gasteiger partial charge in [-0.25, -0.2) is 0 Å². The van der Waals surface area contributed by atoms with Gasteiger partial charge in [0.15, 0.2) is 0 Å². The molecule has 1 rings (SSSR count). The maximum Gasteiger partial charge on any atom is 0.0802 e. The Bertz CT molecular complexity index is 120.